The molecule has 7 nitrogen and oxygen atoms in total. The second-order valence-corrected chi connectivity index (χ2v) is 4.74. The Hall–Kier alpha value is -1.63. The molecule has 1 aromatic rings. The summed E-state index contributed by atoms with van der Waals surface area (Å²) in [6.45, 7) is 5.22. The van der Waals surface area contributed by atoms with Gasteiger partial charge in [0.2, 0.25) is 17.8 Å². The highest BCUT2D eigenvalue weighted by Crippen LogP contribution is 2.14. The Morgan fingerprint density at radius 3 is 2.32 bits per heavy atom. The average molecular weight is 268 g/mol. The molecule has 0 saturated carbocycles. The summed E-state index contributed by atoms with van der Waals surface area (Å²) in [7, 11) is 5.70. The van der Waals surface area contributed by atoms with Crippen LogP contribution in [0.2, 0.25) is 0 Å². The molecule has 0 aliphatic heterocycles. The van der Waals surface area contributed by atoms with Crippen molar-refractivity contribution >= 4 is 17.8 Å². The van der Waals surface area contributed by atoms with E-state index >= 15 is 0 Å². The summed E-state index contributed by atoms with van der Waals surface area (Å²) in [5.74, 6) is 1.79. The Kier molecular flexibility index (Phi) is 5.75. The predicted octanol–water partition coefficient (Wildman–Crippen LogP) is 0.576. The fourth-order valence-electron chi connectivity index (χ4n) is 1.44. The highest BCUT2D eigenvalue weighted by molar-refractivity contribution is 5.44. The number of aromatic nitrogens is 3. The van der Waals surface area contributed by atoms with Gasteiger partial charge in [0.1, 0.15) is 0 Å². The first-order chi connectivity index (χ1) is 8.93. The van der Waals surface area contributed by atoms with Gasteiger partial charge in [-0.1, -0.05) is 0 Å². The maximum absolute atomic E-state index is 9.33. The van der Waals surface area contributed by atoms with Crippen LogP contribution in [-0.4, -0.2) is 60.4 Å². The first kappa shape index (κ1) is 15.4. The Balaban J connectivity index is 2.91. The molecule has 1 unspecified atom stereocenters. The number of aliphatic hydroxyl groups excluding tert-OH is 1. The van der Waals surface area contributed by atoms with Crippen molar-refractivity contribution in [3.63, 3.8) is 0 Å². The van der Waals surface area contributed by atoms with Crippen molar-refractivity contribution in [3.8, 4) is 0 Å². The van der Waals surface area contributed by atoms with Crippen LogP contribution < -0.4 is 15.1 Å². The van der Waals surface area contributed by atoms with Gasteiger partial charge in [-0.15, -0.1) is 0 Å². The van der Waals surface area contributed by atoms with Crippen LogP contribution in [0.15, 0.2) is 0 Å². The van der Waals surface area contributed by atoms with E-state index in [4.69, 9.17) is 0 Å². The molecule has 0 saturated heterocycles. The minimum atomic E-state index is -0.328. The molecule has 1 aromatic heterocycles. The van der Waals surface area contributed by atoms with E-state index in [1.54, 1.807) is 6.92 Å². The third-order valence-electron chi connectivity index (χ3n) is 2.57. The van der Waals surface area contributed by atoms with Gasteiger partial charge in [0.05, 0.1) is 6.10 Å². The van der Waals surface area contributed by atoms with Gasteiger partial charge in [0, 0.05) is 34.2 Å². The minimum Gasteiger partial charge on any atom is -0.393 e. The van der Waals surface area contributed by atoms with E-state index in [-0.39, 0.29) is 6.10 Å². The van der Waals surface area contributed by atoms with Crippen molar-refractivity contribution in [2.45, 2.75) is 26.4 Å². The number of hydrogen-bond acceptors (Lipinski definition) is 7. The van der Waals surface area contributed by atoms with Gasteiger partial charge in [-0.3, -0.25) is 0 Å². The van der Waals surface area contributed by atoms with Crippen LogP contribution in [0.5, 0.6) is 0 Å². The van der Waals surface area contributed by atoms with Gasteiger partial charge in [0.25, 0.3) is 0 Å². The van der Waals surface area contributed by atoms with Gasteiger partial charge in [-0.05, 0) is 20.3 Å². The second kappa shape index (κ2) is 7.08. The zero-order valence-corrected chi connectivity index (χ0v) is 12.4. The Labute approximate surface area is 114 Å². The molecule has 0 aliphatic carbocycles. The maximum Gasteiger partial charge on any atom is 0.231 e. The predicted molar refractivity (Wildman–Crippen MR) is 77.9 cm³/mol. The van der Waals surface area contributed by atoms with Crippen molar-refractivity contribution in [2.75, 3.05) is 49.3 Å². The van der Waals surface area contributed by atoms with E-state index in [1.165, 1.54) is 0 Å². The van der Waals surface area contributed by atoms with Gasteiger partial charge in [0.15, 0.2) is 0 Å². The zero-order valence-electron chi connectivity index (χ0n) is 12.4. The van der Waals surface area contributed by atoms with Crippen LogP contribution in [0.3, 0.4) is 0 Å². The molecule has 0 bridgehead atoms. The molecule has 2 N–H and O–H groups in total. The number of nitrogens with zero attached hydrogens (tertiary/aromatic N) is 5. The molecule has 0 radical (unpaired) electrons. The lowest BCUT2D eigenvalue weighted by Crippen LogP contribution is -2.26. The van der Waals surface area contributed by atoms with Gasteiger partial charge in [-0.25, -0.2) is 0 Å². The van der Waals surface area contributed by atoms with Crippen molar-refractivity contribution < 1.29 is 5.11 Å². The smallest absolute Gasteiger partial charge is 0.231 e. The Morgan fingerprint density at radius 2 is 1.79 bits per heavy atom. The molecule has 1 rings (SSSR count). The Bertz CT molecular complexity index is 396. The Morgan fingerprint density at radius 1 is 1.16 bits per heavy atom. The molecule has 0 aliphatic rings. The highest BCUT2D eigenvalue weighted by Gasteiger charge is 2.11. The van der Waals surface area contributed by atoms with E-state index in [0.29, 0.717) is 30.8 Å². The van der Waals surface area contributed by atoms with E-state index in [1.807, 2.05) is 37.9 Å². The van der Waals surface area contributed by atoms with E-state index < -0.39 is 0 Å². The van der Waals surface area contributed by atoms with Crippen molar-refractivity contribution in [1.29, 1.82) is 0 Å². The van der Waals surface area contributed by atoms with E-state index in [2.05, 4.69) is 20.3 Å². The van der Waals surface area contributed by atoms with E-state index in [9.17, 15) is 5.11 Å². The standard InChI is InChI=1S/C12H24N6O/c1-6-13-10-14-11(17(3)4)16-12(15-10)18(5)8-7-9(2)19/h9,19H,6-8H2,1-5H3,(H,13,14,15,16). The summed E-state index contributed by atoms with van der Waals surface area (Å²) in [4.78, 5) is 16.8. The molecule has 0 fully saturated rings. The van der Waals surface area contributed by atoms with E-state index in [0.717, 1.165) is 6.54 Å². The SMILES string of the molecule is CCNc1nc(N(C)C)nc(N(C)CCC(C)O)n1. The number of nitrogens with one attached hydrogen (secondary N) is 1. The molecule has 108 valence electrons. The molecule has 19 heavy (non-hydrogen) atoms. The average Bonchev–Trinajstić information content (AvgIpc) is 2.35. The van der Waals surface area contributed by atoms with Crippen LogP contribution in [0.1, 0.15) is 20.3 Å². The molecule has 1 heterocycles. The number of anilines is 3. The molecule has 0 aromatic carbocycles. The van der Waals surface area contributed by atoms with Crippen LogP contribution in [-0.2, 0) is 0 Å². The lowest BCUT2D eigenvalue weighted by molar-refractivity contribution is 0.186. The summed E-state index contributed by atoms with van der Waals surface area (Å²) in [6.07, 6.45) is 0.349. The van der Waals surface area contributed by atoms with Crippen molar-refractivity contribution in [3.05, 3.63) is 0 Å². The number of hydrogen-bond donors (Lipinski definition) is 2. The van der Waals surface area contributed by atoms with Crippen LogP contribution in [0.25, 0.3) is 0 Å². The van der Waals surface area contributed by atoms with Crippen LogP contribution in [0.4, 0.5) is 17.8 Å². The first-order valence-electron chi connectivity index (χ1n) is 6.50. The highest BCUT2D eigenvalue weighted by atomic mass is 16.3. The molecule has 0 amide bonds. The maximum atomic E-state index is 9.33. The minimum absolute atomic E-state index is 0.328. The molecular weight excluding hydrogens is 244 g/mol. The quantitative estimate of drug-likeness (QED) is 0.749. The number of aliphatic hydroxyl groups is 1. The normalized spacial score (nSPS) is 12.1. The summed E-state index contributed by atoms with van der Waals surface area (Å²) in [5, 5.41) is 12.4. The lowest BCUT2D eigenvalue weighted by atomic mass is 10.3. The first-order valence-corrected chi connectivity index (χ1v) is 6.50. The van der Waals surface area contributed by atoms with Gasteiger partial charge >= 0.3 is 0 Å². The lowest BCUT2D eigenvalue weighted by Gasteiger charge is -2.20. The summed E-state index contributed by atoms with van der Waals surface area (Å²) in [6, 6.07) is 0. The molecule has 0 spiro atoms. The van der Waals surface area contributed by atoms with Crippen LogP contribution in [0, 0.1) is 0 Å². The molecule has 7 heteroatoms. The third kappa shape index (κ3) is 4.86. The molecular formula is C12H24N6O. The molecule has 1 atom stereocenters. The second-order valence-electron chi connectivity index (χ2n) is 4.74. The largest absolute Gasteiger partial charge is 0.393 e. The fourth-order valence-corrected chi connectivity index (χ4v) is 1.44. The monoisotopic (exact) mass is 268 g/mol. The topological polar surface area (TPSA) is 77.4 Å². The fraction of sp³-hybridized carbons (Fsp3) is 0.750. The summed E-state index contributed by atoms with van der Waals surface area (Å²) < 4.78 is 0. The van der Waals surface area contributed by atoms with Gasteiger partial charge in [-0.2, -0.15) is 15.0 Å². The summed E-state index contributed by atoms with van der Waals surface area (Å²) >= 11 is 0. The van der Waals surface area contributed by atoms with Crippen molar-refractivity contribution in [1.82, 2.24) is 15.0 Å². The summed E-state index contributed by atoms with van der Waals surface area (Å²) in [5.41, 5.74) is 0. The van der Waals surface area contributed by atoms with Crippen LogP contribution >= 0.6 is 0 Å². The zero-order chi connectivity index (χ0) is 14.4. The number of rotatable bonds is 7. The van der Waals surface area contributed by atoms with Crippen molar-refractivity contribution in [2.24, 2.45) is 0 Å². The van der Waals surface area contributed by atoms with Gasteiger partial charge < -0.3 is 20.2 Å². The third-order valence-corrected chi connectivity index (χ3v) is 2.57.